The number of hydrogen-bond donors (Lipinski definition) is 2. The molecule has 3 N–H and O–H groups in total. The molecule has 1 aromatic carbocycles. The molecule has 0 spiro atoms. The summed E-state index contributed by atoms with van der Waals surface area (Å²) < 4.78 is 37.6. The predicted octanol–water partition coefficient (Wildman–Crippen LogP) is 1.98. The van der Waals surface area contributed by atoms with Gasteiger partial charge in [-0.05, 0) is 36.5 Å². The number of ketones is 1. The van der Waals surface area contributed by atoms with Gasteiger partial charge >= 0.3 is 6.18 Å². The van der Waals surface area contributed by atoms with Crippen molar-refractivity contribution in [3.05, 3.63) is 35.4 Å². The fourth-order valence-corrected chi connectivity index (χ4v) is 2.99. The van der Waals surface area contributed by atoms with Crippen LogP contribution in [0.5, 0.6) is 0 Å². The van der Waals surface area contributed by atoms with Gasteiger partial charge in [-0.25, -0.2) is 0 Å². The Kier molecular flexibility index (Phi) is 5.81. The van der Waals surface area contributed by atoms with E-state index < -0.39 is 29.6 Å². The number of carbonyl (C=O) groups is 3. The zero-order chi connectivity index (χ0) is 18.6. The first-order valence-corrected chi connectivity index (χ1v) is 7.93. The van der Waals surface area contributed by atoms with Gasteiger partial charge < -0.3 is 11.1 Å². The summed E-state index contributed by atoms with van der Waals surface area (Å²) in [6, 6.07) is 3.27. The maximum atomic E-state index is 12.5. The molecule has 0 unspecified atom stereocenters. The number of nitrogens with two attached hydrogens (primary N) is 1. The summed E-state index contributed by atoms with van der Waals surface area (Å²) in [5.74, 6) is -1.56. The first-order valence-electron chi connectivity index (χ1n) is 7.93. The highest BCUT2D eigenvalue weighted by Gasteiger charge is 2.32. The number of benzene rings is 1. The lowest BCUT2D eigenvalue weighted by Crippen LogP contribution is -2.50. The second-order valence-electron chi connectivity index (χ2n) is 6.21. The summed E-state index contributed by atoms with van der Waals surface area (Å²) in [5, 5.41) is 2.51. The molecule has 1 saturated carbocycles. The number of amides is 2. The van der Waals surface area contributed by atoms with E-state index in [1.165, 1.54) is 12.1 Å². The molecule has 25 heavy (non-hydrogen) atoms. The van der Waals surface area contributed by atoms with Crippen LogP contribution >= 0.6 is 0 Å². The van der Waals surface area contributed by atoms with E-state index in [9.17, 15) is 27.6 Å². The molecule has 1 aromatic rings. The standard InChI is InChI=1S/C17H19F3N2O3/c18-17(19,20)12-6-4-10(5-7-12)8-14(24)22-15(16(21)25)11-2-1-3-13(23)9-11/h4-7,11,15H,1-3,8-9H2,(H2,21,25)(H,22,24)/t11-,15+/m1/s1. The van der Waals surface area contributed by atoms with Gasteiger partial charge in [-0.3, -0.25) is 14.4 Å². The summed E-state index contributed by atoms with van der Waals surface area (Å²) in [5.41, 5.74) is 4.92. The van der Waals surface area contributed by atoms with Crippen LogP contribution in [-0.2, 0) is 27.0 Å². The normalized spacial score (nSPS) is 19.3. The van der Waals surface area contributed by atoms with Crippen molar-refractivity contribution in [2.45, 2.75) is 44.3 Å². The van der Waals surface area contributed by atoms with Crippen molar-refractivity contribution in [2.24, 2.45) is 11.7 Å². The highest BCUT2D eigenvalue weighted by molar-refractivity contribution is 5.89. The molecule has 1 aliphatic rings. The Morgan fingerprint density at radius 1 is 1.24 bits per heavy atom. The Balaban J connectivity index is 1.99. The Morgan fingerprint density at radius 3 is 2.40 bits per heavy atom. The molecular formula is C17H19F3N2O3. The molecule has 0 radical (unpaired) electrons. The van der Waals surface area contributed by atoms with E-state index in [0.29, 0.717) is 24.8 Å². The molecule has 1 fully saturated rings. The minimum absolute atomic E-state index is 0.0273. The van der Waals surface area contributed by atoms with Crippen LogP contribution in [-0.4, -0.2) is 23.6 Å². The molecular weight excluding hydrogens is 337 g/mol. The van der Waals surface area contributed by atoms with Crippen LogP contribution in [0.3, 0.4) is 0 Å². The molecule has 8 heteroatoms. The van der Waals surface area contributed by atoms with Crippen molar-refractivity contribution in [3.63, 3.8) is 0 Å². The fraction of sp³-hybridized carbons (Fsp3) is 0.471. The molecule has 5 nitrogen and oxygen atoms in total. The highest BCUT2D eigenvalue weighted by atomic mass is 19.4. The van der Waals surface area contributed by atoms with E-state index in [-0.39, 0.29) is 24.5 Å². The van der Waals surface area contributed by atoms with Crippen molar-refractivity contribution in [3.8, 4) is 0 Å². The topological polar surface area (TPSA) is 89.3 Å². The van der Waals surface area contributed by atoms with Crippen LogP contribution in [0.15, 0.2) is 24.3 Å². The van der Waals surface area contributed by atoms with Crippen LogP contribution in [0.25, 0.3) is 0 Å². The summed E-state index contributed by atoms with van der Waals surface area (Å²) >= 11 is 0. The number of hydrogen-bond acceptors (Lipinski definition) is 3. The monoisotopic (exact) mass is 356 g/mol. The molecule has 2 amide bonds. The van der Waals surface area contributed by atoms with Crippen molar-refractivity contribution in [1.82, 2.24) is 5.32 Å². The molecule has 1 aliphatic carbocycles. The molecule has 0 aromatic heterocycles. The molecule has 2 atom stereocenters. The fourth-order valence-electron chi connectivity index (χ4n) is 2.99. The molecule has 2 rings (SSSR count). The lowest BCUT2D eigenvalue weighted by Gasteiger charge is -2.28. The van der Waals surface area contributed by atoms with Crippen LogP contribution < -0.4 is 11.1 Å². The van der Waals surface area contributed by atoms with Gasteiger partial charge in [0.05, 0.1) is 12.0 Å². The lowest BCUT2D eigenvalue weighted by molar-refractivity contribution is -0.137. The number of alkyl halides is 3. The lowest BCUT2D eigenvalue weighted by atomic mass is 9.83. The zero-order valence-electron chi connectivity index (χ0n) is 13.4. The molecule has 0 aliphatic heterocycles. The summed E-state index contributed by atoms with van der Waals surface area (Å²) in [7, 11) is 0. The molecule has 136 valence electrons. The SMILES string of the molecule is NC(=O)[C@@H](NC(=O)Cc1ccc(C(F)(F)F)cc1)[C@@H]1CCCC(=O)C1. The Morgan fingerprint density at radius 2 is 1.88 bits per heavy atom. The zero-order valence-corrected chi connectivity index (χ0v) is 13.4. The van der Waals surface area contributed by atoms with E-state index in [1.54, 1.807) is 0 Å². The largest absolute Gasteiger partial charge is 0.416 e. The second kappa shape index (κ2) is 7.67. The van der Waals surface area contributed by atoms with Crippen LogP contribution in [0.2, 0.25) is 0 Å². The smallest absolute Gasteiger partial charge is 0.368 e. The maximum absolute atomic E-state index is 12.5. The summed E-state index contributed by atoms with van der Waals surface area (Å²) in [6.45, 7) is 0. The van der Waals surface area contributed by atoms with Crippen molar-refractivity contribution in [2.75, 3.05) is 0 Å². The summed E-state index contributed by atoms with van der Waals surface area (Å²) in [6.07, 6.45) is -2.72. The van der Waals surface area contributed by atoms with Crippen molar-refractivity contribution >= 4 is 17.6 Å². The van der Waals surface area contributed by atoms with Gasteiger partial charge in [0.25, 0.3) is 0 Å². The van der Waals surface area contributed by atoms with E-state index >= 15 is 0 Å². The third-order valence-corrected chi connectivity index (χ3v) is 4.26. The number of carbonyl (C=O) groups excluding carboxylic acids is 3. The Labute approximate surface area is 142 Å². The highest BCUT2D eigenvalue weighted by Crippen LogP contribution is 2.29. The first kappa shape index (κ1) is 19.0. The number of nitrogens with one attached hydrogen (secondary N) is 1. The quantitative estimate of drug-likeness (QED) is 0.845. The summed E-state index contributed by atoms with van der Waals surface area (Å²) in [4.78, 5) is 35.3. The Bertz CT molecular complexity index is 656. The van der Waals surface area contributed by atoms with Crippen LogP contribution in [0.1, 0.15) is 36.8 Å². The van der Waals surface area contributed by atoms with E-state index in [2.05, 4.69) is 5.32 Å². The van der Waals surface area contributed by atoms with Gasteiger partial charge in [0.1, 0.15) is 11.8 Å². The number of Topliss-reactive ketones (excluding diaryl/α,β-unsaturated/α-hetero) is 1. The van der Waals surface area contributed by atoms with Crippen molar-refractivity contribution in [1.29, 1.82) is 0 Å². The average molecular weight is 356 g/mol. The van der Waals surface area contributed by atoms with Gasteiger partial charge in [-0.2, -0.15) is 13.2 Å². The third kappa shape index (κ3) is 5.30. The second-order valence-corrected chi connectivity index (χ2v) is 6.21. The third-order valence-electron chi connectivity index (χ3n) is 4.26. The van der Waals surface area contributed by atoms with Crippen molar-refractivity contribution < 1.29 is 27.6 Å². The van der Waals surface area contributed by atoms with E-state index in [1.807, 2.05) is 0 Å². The predicted molar refractivity (Wildman–Crippen MR) is 83.2 cm³/mol. The number of primary amides is 1. The van der Waals surface area contributed by atoms with Gasteiger partial charge in [0, 0.05) is 12.8 Å². The van der Waals surface area contributed by atoms with Gasteiger partial charge in [0.2, 0.25) is 11.8 Å². The Hall–Kier alpha value is -2.38. The molecule has 0 heterocycles. The minimum atomic E-state index is -4.44. The van der Waals surface area contributed by atoms with E-state index in [4.69, 9.17) is 5.73 Å². The van der Waals surface area contributed by atoms with Crippen LogP contribution in [0, 0.1) is 5.92 Å². The minimum Gasteiger partial charge on any atom is -0.368 e. The van der Waals surface area contributed by atoms with Gasteiger partial charge in [-0.1, -0.05) is 12.1 Å². The number of halogens is 3. The first-order chi connectivity index (χ1) is 11.7. The number of rotatable bonds is 5. The van der Waals surface area contributed by atoms with Crippen LogP contribution in [0.4, 0.5) is 13.2 Å². The molecule has 0 saturated heterocycles. The molecule has 0 bridgehead atoms. The van der Waals surface area contributed by atoms with E-state index in [0.717, 1.165) is 12.1 Å². The van der Waals surface area contributed by atoms with Gasteiger partial charge in [-0.15, -0.1) is 0 Å². The average Bonchev–Trinajstić information content (AvgIpc) is 2.52. The maximum Gasteiger partial charge on any atom is 0.416 e. The van der Waals surface area contributed by atoms with Gasteiger partial charge in [0.15, 0.2) is 0 Å².